The highest BCUT2D eigenvalue weighted by atomic mass is 14.9. The summed E-state index contributed by atoms with van der Waals surface area (Å²) in [5.41, 5.74) is 1.29. The van der Waals surface area contributed by atoms with Crippen molar-refractivity contribution >= 4 is 0 Å². The molecule has 1 aliphatic rings. The van der Waals surface area contributed by atoms with Crippen molar-refractivity contribution in [1.29, 1.82) is 0 Å². The third-order valence-corrected chi connectivity index (χ3v) is 3.17. The Morgan fingerprint density at radius 1 is 1.20 bits per heavy atom. The quantitative estimate of drug-likeness (QED) is 0.766. The van der Waals surface area contributed by atoms with Crippen molar-refractivity contribution in [2.75, 3.05) is 0 Å². The molecule has 0 radical (unpaired) electrons. The standard InChI is InChI=1S/C13H20N2/c1-2-4-8-13(7-3-1)15-11-12-6-5-9-14-10-12/h5-6,9-10,13,15H,1-4,7-8,11H2. The molecule has 2 nitrogen and oxygen atoms in total. The van der Waals surface area contributed by atoms with Crippen LogP contribution in [0.2, 0.25) is 0 Å². The van der Waals surface area contributed by atoms with E-state index >= 15 is 0 Å². The maximum absolute atomic E-state index is 4.13. The largest absolute Gasteiger partial charge is 0.310 e. The van der Waals surface area contributed by atoms with Gasteiger partial charge in [0.25, 0.3) is 0 Å². The van der Waals surface area contributed by atoms with Crippen molar-refractivity contribution < 1.29 is 0 Å². The summed E-state index contributed by atoms with van der Waals surface area (Å²) < 4.78 is 0. The van der Waals surface area contributed by atoms with Gasteiger partial charge in [-0.3, -0.25) is 4.98 Å². The van der Waals surface area contributed by atoms with E-state index in [0.717, 1.165) is 12.6 Å². The number of hydrogen-bond acceptors (Lipinski definition) is 2. The lowest BCUT2D eigenvalue weighted by atomic mass is 10.1. The van der Waals surface area contributed by atoms with E-state index in [2.05, 4.69) is 16.4 Å². The van der Waals surface area contributed by atoms with Crippen LogP contribution >= 0.6 is 0 Å². The van der Waals surface area contributed by atoms with E-state index in [-0.39, 0.29) is 0 Å². The van der Waals surface area contributed by atoms with E-state index in [1.165, 1.54) is 44.1 Å². The Kier molecular flexibility index (Phi) is 4.15. The summed E-state index contributed by atoms with van der Waals surface area (Å²) in [5.74, 6) is 0. The molecule has 0 aromatic carbocycles. The van der Waals surface area contributed by atoms with Gasteiger partial charge in [-0.2, -0.15) is 0 Å². The Labute approximate surface area is 92.1 Å². The number of rotatable bonds is 3. The molecule has 1 heterocycles. The fourth-order valence-electron chi connectivity index (χ4n) is 2.25. The maximum Gasteiger partial charge on any atom is 0.0312 e. The van der Waals surface area contributed by atoms with Crippen LogP contribution in [0.5, 0.6) is 0 Å². The van der Waals surface area contributed by atoms with Gasteiger partial charge in [0.05, 0.1) is 0 Å². The fraction of sp³-hybridized carbons (Fsp3) is 0.615. The molecule has 0 aliphatic heterocycles. The number of pyridine rings is 1. The zero-order valence-corrected chi connectivity index (χ0v) is 9.28. The normalized spacial score (nSPS) is 18.7. The average molecular weight is 204 g/mol. The summed E-state index contributed by atoms with van der Waals surface area (Å²) in [4.78, 5) is 4.13. The zero-order valence-electron chi connectivity index (χ0n) is 9.28. The lowest BCUT2D eigenvalue weighted by Gasteiger charge is -2.15. The predicted octanol–water partition coefficient (Wildman–Crippen LogP) is 2.89. The van der Waals surface area contributed by atoms with E-state index in [0.29, 0.717) is 0 Å². The molecule has 0 spiro atoms. The van der Waals surface area contributed by atoms with Crippen LogP contribution in [0, 0.1) is 0 Å². The van der Waals surface area contributed by atoms with Crippen LogP contribution in [-0.2, 0) is 6.54 Å². The molecule has 1 aromatic heterocycles. The summed E-state index contributed by atoms with van der Waals surface area (Å²) in [6.45, 7) is 0.971. The van der Waals surface area contributed by atoms with Crippen LogP contribution in [0.1, 0.15) is 44.1 Å². The van der Waals surface area contributed by atoms with Crippen LogP contribution in [-0.4, -0.2) is 11.0 Å². The highest BCUT2D eigenvalue weighted by Gasteiger charge is 2.10. The summed E-state index contributed by atoms with van der Waals surface area (Å²) in [5, 5.41) is 3.64. The van der Waals surface area contributed by atoms with Crippen LogP contribution < -0.4 is 5.32 Å². The number of nitrogens with zero attached hydrogens (tertiary/aromatic N) is 1. The first-order valence-electron chi connectivity index (χ1n) is 6.07. The van der Waals surface area contributed by atoms with Gasteiger partial charge in [0.15, 0.2) is 0 Å². The van der Waals surface area contributed by atoms with Crippen LogP contribution in [0.15, 0.2) is 24.5 Å². The van der Waals surface area contributed by atoms with Gasteiger partial charge in [-0.05, 0) is 24.5 Å². The van der Waals surface area contributed by atoms with Crippen molar-refractivity contribution in [3.8, 4) is 0 Å². The van der Waals surface area contributed by atoms with Gasteiger partial charge in [0, 0.05) is 25.0 Å². The molecule has 0 atom stereocenters. The van der Waals surface area contributed by atoms with Crippen molar-refractivity contribution in [3.63, 3.8) is 0 Å². The molecule has 1 N–H and O–H groups in total. The first-order valence-corrected chi connectivity index (χ1v) is 6.07. The Morgan fingerprint density at radius 3 is 2.67 bits per heavy atom. The van der Waals surface area contributed by atoms with Crippen molar-refractivity contribution in [2.45, 2.75) is 51.1 Å². The zero-order chi connectivity index (χ0) is 10.3. The van der Waals surface area contributed by atoms with E-state index in [4.69, 9.17) is 0 Å². The van der Waals surface area contributed by atoms with Crippen LogP contribution in [0.3, 0.4) is 0 Å². The molecule has 0 amide bonds. The minimum absolute atomic E-state index is 0.729. The van der Waals surface area contributed by atoms with Gasteiger partial charge in [0.2, 0.25) is 0 Å². The molecule has 1 aromatic rings. The SMILES string of the molecule is c1cncc(CNC2CCCCCC2)c1. The highest BCUT2D eigenvalue weighted by Crippen LogP contribution is 2.17. The smallest absolute Gasteiger partial charge is 0.0312 e. The lowest BCUT2D eigenvalue weighted by Crippen LogP contribution is -2.27. The maximum atomic E-state index is 4.13. The van der Waals surface area contributed by atoms with E-state index < -0.39 is 0 Å². The van der Waals surface area contributed by atoms with Crippen LogP contribution in [0.4, 0.5) is 0 Å². The predicted molar refractivity (Wildman–Crippen MR) is 62.6 cm³/mol. The number of aromatic nitrogens is 1. The second-order valence-electron chi connectivity index (χ2n) is 4.43. The number of hydrogen-bond donors (Lipinski definition) is 1. The Bertz CT molecular complexity index is 263. The molecular formula is C13H20N2. The molecule has 0 bridgehead atoms. The second-order valence-corrected chi connectivity index (χ2v) is 4.43. The molecule has 1 aliphatic carbocycles. The minimum atomic E-state index is 0.729. The van der Waals surface area contributed by atoms with Crippen molar-refractivity contribution in [1.82, 2.24) is 10.3 Å². The second kappa shape index (κ2) is 5.86. The molecule has 1 fully saturated rings. The van der Waals surface area contributed by atoms with Crippen molar-refractivity contribution in [3.05, 3.63) is 30.1 Å². The lowest BCUT2D eigenvalue weighted by molar-refractivity contribution is 0.459. The molecule has 0 saturated heterocycles. The molecule has 2 rings (SSSR count). The first kappa shape index (κ1) is 10.6. The van der Waals surface area contributed by atoms with E-state index in [1.807, 2.05) is 18.5 Å². The summed E-state index contributed by atoms with van der Waals surface area (Å²) in [7, 11) is 0. The molecule has 15 heavy (non-hydrogen) atoms. The Hall–Kier alpha value is -0.890. The number of nitrogens with one attached hydrogen (secondary N) is 1. The fourth-order valence-corrected chi connectivity index (χ4v) is 2.25. The molecule has 1 saturated carbocycles. The van der Waals surface area contributed by atoms with Gasteiger partial charge in [-0.25, -0.2) is 0 Å². The van der Waals surface area contributed by atoms with E-state index in [1.54, 1.807) is 0 Å². The van der Waals surface area contributed by atoms with Gasteiger partial charge < -0.3 is 5.32 Å². The van der Waals surface area contributed by atoms with Gasteiger partial charge in [0.1, 0.15) is 0 Å². The monoisotopic (exact) mass is 204 g/mol. The summed E-state index contributed by atoms with van der Waals surface area (Å²) in [6, 6.07) is 4.87. The third-order valence-electron chi connectivity index (χ3n) is 3.17. The first-order chi connectivity index (χ1) is 7.45. The average Bonchev–Trinajstić information content (AvgIpc) is 2.56. The summed E-state index contributed by atoms with van der Waals surface area (Å²) in [6.07, 6.45) is 12.1. The van der Waals surface area contributed by atoms with Crippen molar-refractivity contribution in [2.24, 2.45) is 0 Å². The van der Waals surface area contributed by atoms with Crippen LogP contribution in [0.25, 0.3) is 0 Å². The molecular weight excluding hydrogens is 184 g/mol. The third kappa shape index (κ3) is 3.63. The van der Waals surface area contributed by atoms with Gasteiger partial charge >= 0.3 is 0 Å². The topological polar surface area (TPSA) is 24.9 Å². The Morgan fingerprint density at radius 2 is 2.00 bits per heavy atom. The molecule has 2 heteroatoms. The van der Waals surface area contributed by atoms with Gasteiger partial charge in [-0.1, -0.05) is 31.7 Å². The summed E-state index contributed by atoms with van der Waals surface area (Å²) >= 11 is 0. The highest BCUT2D eigenvalue weighted by molar-refractivity contribution is 5.07. The molecule has 82 valence electrons. The van der Waals surface area contributed by atoms with Gasteiger partial charge in [-0.15, -0.1) is 0 Å². The Balaban J connectivity index is 1.77. The molecule has 0 unspecified atom stereocenters. The van der Waals surface area contributed by atoms with E-state index in [9.17, 15) is 0 Å². The minimum Gasteiger partial charge on any atom is -0.310 e.